The number of H-pyrrole nitrogens is 1. The summed E-state index contributed by atoms with van der Waals surface area (Å²) >= 11 is 0. The van der Waals surface area contributed by atoms with Crippen LogP contribution >= 0.6 is 7.60 Å². The van der Waals surface area contributed by atoms with Gasteiger partial charge in [-0.2, -0.15) is 0 Å². The van der Waals surface area contributed by atoms with Crippen molar-refractivity contribution < 1.29 is 62.3 Å². The summed E-state index contributed by atoms with van der Waals surface area (Å²) in [5.41, 5.74) is 6.35. The van der Waals surface area contributed by atoms with Crippen LogP contribution in [-0.4, -0.2) is 163 Å². The lowest BCUT2D eigenvalue weighted by Crippen LogP contribution is -2.62. The fraction of sp³-hybridized carbons (Fsp3) is 0.536. The van der Waals surface area contributed by atoms with Crippen molar-refractivity contribution in [2.24, 2.45) is 17.6 Å². The number of aromatic nitrogens is 1. The number of nitrogens with zero attached hydrogens (tertiary/aromatic N) is 4. The van der Waals surface area contributed by atoms with Gasteiger partial charge in [0.1, 0.15) is 35.9 Å². The largest absolute Gasteiger partial charge is 0.396 e. The number of hydrogen-bond acceptors (Lipinski definition) is 12. The van der Waals surface area contributed by atoms with Crippen molar-refractivity contribution in [1.29, 1.82) is 0 Å². The van der Waals surface area contributed by atoms with Gasteiger partial charge < -0.3 is 56.1 Å². The number of likely N-dealkylation sites (N-methyl/N-ethyl adjacent to an activating group) is 1. The number of benzene rings is 2. The van der Waals surface area contributed by atoms with Crippen molar-refractivity contribution in [3.8, 4) is 11.8 Å². The minimum atomic E-state index is -5.07. The Kier molecular flexibility index (Phi) is 17.7. The molecule has 9 rings (SSSR count). The minimum Gasteiger partial charge on any atom is -0.370 e. The van der Waals surface area contributed by atoms with Gasteiger partial charge in [-0.1, -0.05) is 37.2 Å². The van der Waals surface area contributed by atoms with E-state index in [4.69, 9.17) is 5.73 Å². The fourth-order valence-electron chi connectivity index (χ4n) is 12.4. The van der Waals surface area contributed by atoms with Crippen LogP contribution in [0.2, 0.25) is 0 Å². The molecule has 0 spiro atoms. The Balaban J connectivity index is 0.823. The van der Waals surface area contributed by atoms with Crippen LogP contribution in [0.1, 0.15) is 145 Å². The van der Waals surface area contributed by atoms with E-state index in [1.165, 1.54) is 34.1 Å². The first-order valence-corrected chi connectivity index (χ1v) is 29.3. The highest BCUT2D eigenvalue weighted by Crippen LogP contribution is 2.40. The van der Waals surface area contributed by atoms with Crippen LogP contribution in [0, 0.1) is 23.7 Å². The molecule has 1 aromatic heterocycles. The number of nitrogens with one attached hydrogen (secondary N) is 5. The lowest BCUT2D eigenvalue weighted by atomic mass is 9.82. The van der Waals surface area contributed by atoms with E-state index in [1.807, 2.05) is 18.0 Å². The molecule has 4 saturated heterocycles. The summed E-state index contributed by atoms with van der Waals surface area (Å²) in [5.74, 6) is 2.17. The van der Waals surface area contributed by atoms with E-state index in [0.29, 0.717) is 73.8 Å². The molecule has 5 aliphatic heterocycles. The third-order valence-electron chi connectivity index (χ3n) is 16.8. The molecule has 24 heteroatoms. The zero-order chi connectivity index (χ0) is 57.0. The van der Waals surface area contributed by atoms with E-state index in [9.17, 15) is 62.3 Å². The summed E-state index contributed by atoms with van der Waals surface area (Å²) in [6, 6.07) is 5.20. The number of rotatable bonds is 16. The maximum absolute atomic E-state index is 14.6. The number of amides is 9. The van der Waals surface area contributed by atoms with E-state index >= 15 is 0 Å². The molecule has 6 atom stereocenters. The molecule has 6 aliphatic rings. The number of carbonyl (C=O) groups excluding carboxylic acids is 10. The van der Waals surface area contributed by atoms with Crippen molar-refractivity contribution in [1.82, 2.24) is 45.9 Å². The third-order valence-corrected chi connectivity index (χ3v) is 17.6. The van der Waals surface area contributed by atoms with E-state index in [2.05, 4.69) is 38.1 Å². The van der Waals surface area contributed by atoms with Gasteiger partial charge in [-0.25, -0.2) is 0 Å². The second-order valence-electron chi connectivity index (χ2n) is 22.2. The number of imide groups is 1. The van der Waals surface area contributed by atoms with Crippen LogP contribution in [0.5, 0.6) is 0 Å². The molecule has 9 N–H and O–H groups in total. The van der Waals surface area contributed by atoms with Crippen molar-refractivity contribution in [3.63, 3.8) is 0 Å². The van der Waals surface area contributed by atoms with E-state index in [1.54, 1.807) is 17.0 Å². The molecule has 0 bridgehead atoms. The Bertz CT molecular complexity index is 3090. The lowest BCUT2D eigenvalue weighted by molar-refractivity contribution is -0.144. The van der Waals surface area contributed by atoms with Gasteiger partial charge in [-0.15, -0.1) is 0 Å². The lowest BCUT2D eigenvalue weighted by Gasteiger charge is -2.38. The van der Waals surface area contributed by atoms with Gasteiger partial charge in [0.25, 0.3) is 17.3 Å². The van der Waals surface area contributed by atoms with Gasteiger partial charge in [0.2, 0.25) is 41.4 Å². The van der Waals surface area contributed by atoms with Crippen molar-refractivity contribution in [2.75, 3.05) is 33.2 Å². The van der Waals surface area contributed by atoms with Gasteiger partial charge in [0.05, 0.1) is 0 Å². The first kappa shape index (κ1) is 57.4. The Morgan fingerprint density at radius 2 is 1.65 bits per heavy atom. The summed E-state index contributed by atoms with van der Waals surface area (Å²) in [6.45, 7) is 1.80. The van der Waals surface area contributed by atoms with Gasteiger partial charge in [-0.05, 0) is 132 Å². The number of piperidine rings is 2. The maximum atomic E-state index is 14.6. The predicted molar refractivity (Wildman–Crippen MR) is 288 cm³/mol. The van der Waals surface area contributed by atoms with Crippen molar-refractivity contribution >= 4 is 77.2 Å². The number of hydrogen-bond donors (Lipinski definition) is 8. The summed E-state index contributed by atoms with van der Waals surface area (Å²) in [7, 11) is -3.26. The quantitative estimate of drug-likeness (QED) is 0.0578. The van der Waals surface area contributed by atoms with Gasteiger partial charge in [0, 0.05) is 79.1 Å². The molecule has 2 aromatic carbocycles. The maximum Gasteiger partial charge on any atom is 0.396 e. The summed E-state index contributed by atoms with van der Waals surface area (Å²) in [5, 5.41) is 11.3. The molecule has 0 radical (unpaired) electrons. The normalized spacial score (nSPS) is 23.0. The zero-order valence-corrected chi connectivity index (χ0v) is 45.6. The van der Waals surface area contributed by atoms with Crippen LogP contribution in [0.3, 0.4) is 0 Å². The van der Waals surface area contributed by atoms with Crippen LogP contribution in [0.25, 0.3) is 10.9 Å². The molecule has 1 saturated carbocycles. The summed E-state index contributed by atoms with van der Waals surface area (Å²) in [4.78, 5) is 162. The molecule has 3 aromatic rings. The van der Waals surface area contributed by atoms with Gasteiger partial charge in [0.15, 0.2) is 0 Å². The second-order valence-corrected chi connectivity index (χ2v) is 23.7. The van der Waals surface area contributed by atoms with Gasteiger partial charge in [-0.3, -0.25) is 57.8 Å². The molecule has 3 unspecified atom stereocenters. The number of likely N-dealkylation sites (tertiary alicyclic amines) is 1. The Labute approximate surface area is 462 Å². The minimum absolute atomic E-state index is 0.0129. The van der Waals surface area contributed by atoms with Crippen LogP contribution in [-0.2, 0) is 44.7 Å². The monoisotopic (exact) mass is 1120 g/mol. The second kappa shape index (κ2) is 24.6. The number of nitrogens with two attached hydrogens (primary N) is 1. The molecular formula is C56H69N10O13P. The third kappa shape index (κ3) is 13.0. The summed E-state index contributed by atoms with van der Waals surface area (Å²) < 4.78 is 11.6. The number of carbonyl (C=O) groups is 10. The number of primary amides is 1. The van der Waals surface area contributed by atoms with E-state index in [0.717, 1.165) is 44.1 Å². The average molecular weight is 1120 g/mol. The highest BCUT2D eigenvalue weighted by atomic mass is 31.2. The summed E-state index contributed by atoms with van der Waals surface area (Å²) in [6.07, 6.45) is 8.28. The van der Waals surface area contributed by atoms with Gasteiger partial charge >= 0.3 is 7.60 Å². The van der Waals surface area contributed by atoms with E-state index in [-0.39, 0.29) is 92.1 Å². The molecule has 426 valence electrons. The highest BCUT2D eigenvalue weighted by molar-refractivity contribution is 7.70. The first-order chi connectivity index (χ1) is 38.2. The molecular weight excluding hydrogens is 1050 g/mol. The first-order valence-electron chi connectivity index (χ1n) is 27.7. The Morgan fingerprint density at radius 3 is 2.38 bits per heavy atom. The number of fused-ring (bicyclic) bond motifs is 3. The molecule has 80 heavy (non-hydrogen) atoms. The predicted octanol–water partition coefficient (Wildman–Crippen LogP) is 1.93. The van der Waals surface area contributed by atoms with Crippen LogP contribution in [0.15, 0.2) is 42.5 Å². The van der Waals surface area contributed by atoms with Crippen molar-refractivity contribution in [3.05, 3.63) is 70.4 Å². The van der Waals surface area contributed by atoms with Crippen molar-refractivity contribution in [2.45, 2.75) is 146 Å². The fourth-order valence-corrected chi connectivity index (χ4v) is 12.9. The van der Waals surface area contributed by atoms with E-state index < -0.39 is 78.8 Å². The topological polar surface area (TPSA) is 331 Å². The Hall–Kier alpha value is -7.25. The highest BCUT2D eigenvalue weighted by Gasteiger charge is 2.46. The molecule has 1 aliphatic carbocycles. The smallest absolute Gasteiger partial charge is 0.370 e. The molecule has 5 fully saturated rings. The average Bonchev–Trinajstić information content (AvgIpc) is 4.26. The molecule has 9 amide bonds. The zero-order valence-electron chi connectivity index (χ0n) is 44.7. The standard InChI is InChI=1S/C56H69N10O13P/c1-63-25-24-37-15-18-45(66(37)54(74)43(31-63)60-50(70)42-29-36-28-35(14-16-40(36)58-42)56(76)80(77,78)79)52(72)59-41(17-20-46(57)67)49(69)62-48(34-10-3-2-4-11-34)55(75)64-26-22-32(23-27-64)8-5-6-9-33-12-7-13-38-39(33)30-65(53(38)73)44-19-21-47(68)61-51(44)71/h7,12-14,16,28-29,32,34,37,41,43-45,48,58H,2-5,8,10-11,15,17-27,30-31H2,1H3,(H2,57,67)(H,59,72)(H,60,70)(H,62,69)(H,61,68,71)(H2,77,78,79)/t37-,41?,43+,44?,45+,48?/m1/s1. The molecule has 23 nitrogen and oxygen atoms in total. The Morgan fingerprint density at radius 1 is 0.887 bits per heavy atom. The van der Waals surface area contributed by atoms with Crippen LogP contribution < -0.4 is 27.0 Å². The molecule has 6 heterocycles. The number of aromatic amines is 1. The SMILES string of the molecule is CN1CC[C@H]2CC[C@@H](C(=O)NC(CCC(N)=O)C(=O)NC(C(=O)N3CCC(CCC#Cc4cccc5c4CN(C4CCC(=O)NC4=O)C5=O)CC3)C3CCCCC3)N2C(=O)[C@@H](NC(=O)c2cc3cc(C(=O)P(=O)(O)O)ccc3[nH]2)C1. The van der Waals surface area contributed by atoms with Crippen LogP contribution in [0.4, 0.5) is 0 Å².